The van der Waals surface area contributed by atoms with Gasteiger partial charge in [0.1, 0.15) is 6.61 Å². The molecule has 4 bridgehead atoms. The van der Waals surface area contributed by atoms with Crippen LogP contribution in [0.5, 0.6) is 0 Å². The van der Waals surface area contributed by atoms with Gasteiger partial charge < -0.3 is 24.0 Å². The highest BCUT2D eigenvalue weighted by atomic mass is 16.7. The smallest absolute Gasteiger partial charge is 0.465 e. The summed E-state index contributed by atoms with van der Waals surface area (Å²) in [4.78, 5) is 28.7. The maximum atomic E-state index is 12.5. The van der Waals surface area contributed by atoms with E-state index in [-0.39, 0.29) is 30.5 Å². The molecule has 4 aliphatic rings. The number of hydrogen-bond acceptors (Lipinski definition) is 7. The highest BCUT2D eigenvalue weighted by molar-refractivity contribution is 5.70. The zero-order valence-electron chi connectivity index (χ0n) is 20.6. The van der Waals surface area contributed by atoms with Gasteiger partial charge in [0, 0.05) is 25.6 Å². The summed E-state index contributed by atoms with van der Waals surface area (Å²) in [5, 5.41) is 0. The summed E-state index contributed by atoms with van der Waals surface area (Å²) >= 11 is 0. The van der Waals surface area contributed by atoms with Gasteiger partial charge in [0.15, 0.2) is 0 Å². The molecule has 4 saturated carbocycles. The minimum atomic E-state index is -0.646. The second-order valence-electron chi connectivity index (χ2n) is 11.3. The Hall–Kier alpha value is -1.34. The molecular weight excluding hydrogens is 408 g/mol. The lowest BCUT2D eigenvalue weighted by Gasteiger charge is -2.56. The highest BCUT2D eigenvalue weighted by Crippen LogP contribution is 2.61. The summed E-state index contributed by atoms with van der Waals surface area (Å²) in [6, 6.07) is 0. The van der Waals surface area contributed by atoms with Gasteiger partial charge in [-0.25, -0.2) is 4.79 Å². The van der Waals surface area contributed by atoms with Gasteiger partial charge in [-0.05, 0) is 89.3 Å². The van der Waals surface area contributed by atoms with E-state index in [2.05, 4.69) is 30.9 Å². The Morgan fingerprint density at radius 2 is 1.47 bits per heavy atom. The molecule has 0 saturated heterocycles. The van der Waals surface area contributed by atoms with Crippen LogP contribution < -0.4 is 0 Å². The average molecular weight is 453 g/mol. The maximum absolute atomic E-state index is 12.5. The van der Waals surface area contributed by atoms with Crippen LogP contribution in [0, 0.1) is 29.1 Å². The summed E-state index contributed by atoms with van der Waals surface area (Å²) in [5.74, 6) is 2.39. The van der Waals surface area contributed by atoms with Crippen molar-refractivity contribution in [1.29, 1.82) is 0 Å². The maximum Gasteiger partial charge on any atom is 0.508 e. The molecule has 4 aliphatic carbocycles. The molecule has 0 N–H and O–H groups in total. The molecule has 184 valence electrons. The third-order valence-electron chi connectivity index (χ3n) is 7.53. The first-order valence-corrected chi connectivity index (χ1v) is 12.5. The average Bonchev–Trinajstić information content (AvgIpc) is 2.71. The van der Waals surface area contributed by atoms with Crippen molar-refractivity contribution in [2.24, 2.45) is 29.1 Å². The van der Waals surface area contributed by atoms with Gasteiger partial charge in [-0.15, -0.1) is 0 Å². The van der Waals surface area contributed by atoms with E-state index in [4.69, 9.17) is 14.2 Å². The first-order valence-electron chi connectivity index (χ1n) is 12.5. The Labute approximate surface area is 194 Å². The number of nitrogens with zero attached hydrogens (tertiary/aromatic N) is 2. The number of esters is 1. The summed E-state index contributed by atoms with van der Waals surface area (Å²) in [7, 11) is 6.17. The largest absolute Gasteiger partial charge is 0.508 e. The van der Waals surface area contributed by atoms with Crippen LogP contribution in [-0.2, 0) is 19.0 Å². The molecule has 0 radical (unpaired) electrons. The van der Waals surface area contributed by atoms with Crippen LogP contribution in [-0.4, -0.2) is 82.5 Å². The first kappa shape index (κ1) is 25.3. The van der Waals surface area contributed by atoms with Gasteiger partial charge in [0.2, 0.25) is 0 Å². The molecule has 0 amide bonds. The van der Waals surface area contributed by atoms with Crippen molar-refractivity contribution >= 4 is 12.1 Å². The zero-order chi connectivity index (χ0) is 23.1. The number of hydrogen-bond donors (Lipinski definition) is 0. The first-order chi connectivity index (χ1) is 15.2. The van der Waals surface area contributed by atoms with E-state index in [0.717, 1.165) is 43.8 Å². The molecule has 1 atom stereocenters. The van der Waals surface area contributed by atoms with E-state index in [1.54, 1.807) is 0 Å². The lowest BCUT2D eigenvalue weighted by Crippen LogP contribution is -2.47. The van der Waals surface area contributed by atoms with E-state index in [0.29, 0.717) is 13.0 Å². The third-order valence-corrected chi connectivity index (χ3v) is 7.53. The Bertz CT molecular complexity index is 588. The van der Waals surface area contributed by atoms with Crippen molar-refractivity contribution in [3.8, 4) is 0 Å². The van der Waals surface area contributed by atoms with Crippen molar-refractivity contribution < 1.29 is 23.8 Å². The van der Waals surface area contributed by atoms with Crippen molar-refractivity contribution in [1.82, 2.24) is 9.80 Å². The Kier molecular flexibility index (Phi) is 9.23. The fourth-order valence-corrected chi connectivity index (χ4v) is 6.37. The van der Waals surface area contributed by atoms with Crippen LogP contribution in [0.2, 0.25) is 0 Å². The fourth-order valence-electron chi connectivity index (χ4n) is 6.37. The SMILES string of the molecule is CC(COC(=O)CC12CC3CC(CC(C3)C1)C2)COC(=O)OCCCN(C)CCN(C)C. The van der Waals surface area contributed by atoms with Gasteiger partial charge in [0.25, 0.3) is 0 Å². The predicted octanol–water partition coefficient (Wildman–Crippen LogP) is 3.81. The molecule has 32 heavy (non-hydrogen) atoms. The Morgan fingerprint density at radius 3 is 2.06 bits per heavy atom. The number of likely N-dealkylation sites (N-methyl/N-ethyl adjacent to an activating group) is 2. The number of carbonyl (C=O) groups is 2. The van der Waals surface area contributed by atoms with Crippen LogP contribution in [0.25, 0.3) is 0 Å². The Morgan fingerprint density at radius 1 is 0.875 bits per heavy atom. The molecule has 4 rings (SSSR count). The third kappa shape index (κ3) is 7.91. The standard InChI is InChI=1S/C25H44N2O5/c1-19(18-32-24(29)30-9-5-6-27(4)8-7-26(2)3)17-31-23(28)16-25-13-20-10-21(14-25)12-22(11-20)15-25/h19-22H,5-18H2,1-4H3. The second-order valence-corrected chi connectivity index (χ2v) is 11.3. The highest BCUT2D eigenvalue weighted by Gasteiger charge is 2.51. The molecule has 0 spiro atoms. The van der Waals surface area contributed by atoms with Crippen molar-refractivity contribution in [2.75, 3.05) is 60.6 Å². The minimum absolute atomic E-state index is 0.0416. The van der Waals surface area contributed by atoms with Crippen molar-refractivity contribution in [2.45, 2.75) is 58.3 Å². The topological polar surface area (TPSA) is 68.3 Å². The van der Waals surface area contributed by atoms with Crippen LogP contribution in [0.1, 0.15) is 58.3 Å². The lowest BCUT2D eigenvalue weighted by atomic mass is 9.49. The summed E-state index contributed by atoms with van der Waals surface area (Å²) < 4.78 is 15.9. The quantitative estimate of drug-likeness (QED) is 0.311. The van der Waals surface area contributed by atoms with Crippen molar-refractivity contribution in [3.63, 3.8) is 0 Å². The van der Waals surface area contributed by atoms with Gasteiger partial charge in [-0.2, -0.15) is 0 Å². The van der Waals surface area contributed by atoms with Crippen LogP contribution in [0.4, 0.5) is 4.79 Å². The molecule has 4 fully saturated rings. The molecule has 0 aromatic rings. The van der Waals surface area contributed by atoms with E-state index in [1.165, 1.54) is 38.5 Å². The summed E-state index contributed by atoms with van der Waals surface area (Å²) in [6.45, 7) is 5.62. The fraction of sp³-hybridized carbons (Fsp3) is 0.920. The minimum Gasteiger partial charge on any atom is -0.465 e. The molecule has 7 nitrogen and oxygen atoms in total. The molecule has 7 heteroatoms. The molecule has 0 aliphatic heterocycles. The van der Waals surface area contributed by atoms with Gasteiger partial charge >= 0.3 is 12.1 Å². The number of rotatable bonds is 13. The van der Waals surface area contributed by atoms with E-state index >= 15 is 0 Å². The summed E-state index contributed by atoms with van der Waals surface area (Å²) in [5.41, 5.74) is 0.204. The van der Waals surface area contributed by atoms with Crippen molar-refractivity contribution in [3.05, 3.63) is 0 Å². The number of carbonyl (C=O) groups excluding carboxylic acids is 2. The molecular formula is C25H44N2O5. The second kappa shape index (κ2) is 11.7. The van der Waals surface area contributed by atoms with Crippen LogP contribution in [0.15, 0.2) is 0 Å². The normalized spacial score (nSPS) is 29.4. The lowest BCUT2D eigenvalue weighted by molar-refractivity contribution is -0.153. The summed E-state index contributed by atoms with van der Waals surface area (Å²) in [6.07, 6.45) is 8.47. The van der Waals surface area contributed by atoms with Crippen LogP contribution >= 0.6 is 0 Å². The predicted molar refractivity (Wildman–Crippen MR) is 123 cm³/mol. The van der Waals surface area contributed by atoms with Gasteiger partial charge in [-0.3, -0.25) is 4.79 Å². The van der Waals surface area contributed by atoms with Crippen LogP contribution in [0.3, 0.4) is 0 Å². The monoisotopic (exact) mass is 452 g/mol. The molecule has 0 heterocycles. The van der Waals surface area contributed by atoms with Gasteiger partial charge in [-0.1, -0.05) is 6.92 Å². The van der Waals surface area contributed by atoms with E-state index < -0.39 is 6.16 Å². The number of ether oxygens (including phenoxy) is 3. The molecule has 0 aromatic heterocycles. The van der Waals surface area contributed by atoms with E-state index in [9.17, 15) is 9.59 Å². The van der Waals surface area contributed by atoms with Gasteiger partial charge in [0.05, 0.1) is 19.6 Å². The Balaban J connectivity index is 1.22. The van der Waals surface area contributed by atoms with E-state index in [1.807, 2.05) is 6.92 Å². The molecule has 1 unspecified atom stereocenters. The molecule has 0 aromatic carbocycles. The zero-order valence-corrected chi connectivity index (χ0v) is 20.6.